The molecule has 1 aromatic heterocycles. The predicted octanol–water partition coefficient (Wildman–Crippen LogP) is 2.27. The highest BCUT2D eigenvalue weighted by Gasteiger charge is 2.22. The zero-order chi connectivity index (χ0) is 13.1. The van der Waals surface area contributed by atoms with Crippen molar-refractivity contribution < 1.29 is 0 Å². The zero-order valence-electron chi connectivity index (χ0n) is 11.9. The minimum absolute atomic E-state index is 0.489. The molecule has 1 saturated heterocycles. The monoisotopic (exact) mass is 248 g/mol. The van der Waals surface area contributed by atoms with Gasteiger partial charge in [0.05, 0.1) is 0 Å². The van der Waals surface area contributed by atoms with Crippen LogP contribution in [0.25, 0.3) is 0 Å². The molecule has 4 nitrogen and oxygen atoms in total. The van der Waals surface area contributed by atoms with Crippen molar-refractivity contribution in [2.45, 2.75) is 59.2 Å². The van der Waals surface area contributed by atoms with Crippen LogP contribution in [-0.4, -0.2) is 28.6 Å². The fourth-order valence-electron chi connectivity index (χ4n) is 2.34. The van der Waals surface area contributed by atoms with Crippen LogP contribution in [0.4, 0.5) is 5.95 Å². The van der Waals surface area contributed by atoms with Gasteiger partial charge < -0.3 is 10.2 Å². The van der Waals surface area contributed by atoms with Gasteiger partial charge in [0.15, 0.2) is 0 Å². The summed E-state index contributed by atoms with van der Waals surface area (Å²) in [6.45, 7) is 10.6. The Morgan fingerprint density at radius 1 is 1.50 bits per heavy atom. The van der Waals surface area contributed by atoms with Crippen molar-refractivity contribution >= 4 is 5.95 Å². The van der Waals surface area contributed by atoms with Gasteiger partial charge in [-0.2, -0.15) is 0 Å². The van der Waals surface area contributed by atoms with Gasteiger partial charge in [0, 0.05) is 42.6 Å². The largest absolute Gasteiger partial charge is 0.338 e. The second kappa shape index (κ2) is 5.65. The first-order chi connectivity index (χ1) is 8.58. The minimum Gasteiger partial charge on any atom is -0.338 e. The summed E-state index contributed by atoms with van der Waals surface area (Å²) in [5.41, 5.74) is 2.28. The van der Waals surface area contributed by atoms with Crippen LogP contribution in [0, 0.1) is 6.92 Å². The van der Waals surface area contributed by atoms with Crippen LogP contribution in [-0.2, 0) is 6.54 Å². The molecule has 0 bridgehead atoms. The Labute approximate surface area is 110 Å². The summed E-state index contributed by atoms with van der Waals surface area (Å²) in [5.74, 6) is 0.894. The van der Waals surface area contributed by atoms with Crippen LogP contribution in [0.5, 0.6) is 0 Å². The molecule has 1 unspecified atom stereocenters. The Hall–Kier alpha value is -1.16. The Bertz CT molecular complexity index is 403. The van der Waals surface area contributed by atoms with E-state index in [9.17, 15) is 0 Å². The van der Waals surface area contributed by atoms with Crippen molar-refractivity contribution in [3.8, 4) is 0 Å². The van der Waals surface area contributed by atoms with Crippen LogP contribution >= 0.6 is 0 Å². The van der Waals surface area contributed by atoms with Crippen LogP contribution in [0.15, 0.2) is 6.20 Å². The molecule has 100 valence electrons. The Kier molecular flexibility index (Phi) is 4.17. The van der Waals surface area contributed by atoms with Crippen molar-refractivity contribution in [2.75, 3.05) is 11.4 Å². The van der Waals surface area contributed by atoms with E-state index in [2.05, 4.69) is 47.9 Å². The number of anilines is 1. The van der Waals surface area contributed by atoms with E-state index < -0.39 is 0 Å². The first-order valence-corrected chi connectivity index (χ1v) is 6.90. The molecule has 1 aliphatic rings. The first-order valence-electron chi connectivity index (χ1n) is 6.90. The third kappa shape index (κ3) is 2.99. The second-order valence-electron chi connectivity index (χ2n) is 5.50. The lowest BCUT2D eigenvalue weighted by molar-refractivity contribution is 0.584. The molecule has 0 aliphatic carbocycles. The van der Waals surface area contributed by atoms with Gasteiger partial charge in [0.2, 0.25) is 5.95 Å². The van der Waals surface area contributed by atoms with Gasteiger partial charge in [-0.1, -0.05) is 13.8 Å². The lowest BCUT2D eigenvalue weighted by atomic mass is 10.2. The molecule has 1 fully saturated rings. The van der Waals surface area contributed by atoms with Crippen molar-refractivity contribution in [2.24, 2.45) is 0 Å². The summed E-state index contributed by atoms with van der Waals surface area (Å²) in [6.07, 6.45) is 4.47. The highest BCUT2D eigenvalue weighted by Crippen LogP contribution is 2.22. The Balaban J connectivity index is 2.09. The smallest absolute Gasteiger partial charge is 0.225 e. The zero-order valence-corrected chi connectivity index (χ0v) is 11.9. The van der Waals surface area contributed by atoms with Crippen molar-refractivity contribution in [3.63, 3.8) is 0 Å². The van der Waals surface area contributed by atoms with Gasteiger partial charge in [-0.05, 0) is 26.7 Å². The summed E-state index contributed by atoms with van der Waals surface area (Å²) in [7, 11) is 0. The second-order valence-corrected chi connectivity index (χ2v) is 5.50. The molecule has 4 heteroatoms. The number of nitrogens with one attached hydrogen (secondary N) is 1. The fraction of sp³-hybridized carbons (Fsp3) is 0.714. The number of nitrogens with zero attached hydrogens (tertiary/aromatic N) is 3. The molecular formula is C14H24N4. The molecule has 1 aliphatic heterocycles. The standard InChI is InChI=1S/C14H24N4/c1-10(2)15-8-13-9-16-14(17-12(13)4)18-7-5-6-11(18)3/h9-11,15H,5-8H2,1-4H3. The maximum Gasteiger partial charge on any atom is 0.225 e. The van der Waals surface area contributed by atoms with E-state index in [0.29, 0.717) is 12.1 Å². The molecule has 0 amide bonds. The quantitative estimate of drug-likeness (QED) is 0.887. The maximum atomic E-state index is 4.66. The maximum absolute atomic E-state index is 4.66. The first kappa shape index (κ1) is 13.3. The summed E-state index contributed by atoms with van der Waals surface area (Å²) >= 11 is 0. The lowest BCUT2D eigenvalue weighted by Gasteiger charge is -2.22. The summed E-state index contributed by atoms with van der Waals surface area (Å²) in [5, 5.41) is 3.41. The number of rotatable bonds is 4. The normalized spacial score (nSPS) is 19.8. The summed E-state index contributed by atoms with van der Waals surface area (Å²) < 4.78 is 0. The van der Waals surface area contributed by atoms with Gasteiger partial charge in [-0.3, -0.25) is 0 Å². The number of aryl methyl sites for hydroxylation is 1. The topological polar surface area (TPSA) is 41.1 Å². The van der Waals surface area contributed by atoms with E-state index in [1.165, 1.54) is 18.4 Å². The average Bonchev–Trinajstić information content (AvgIpc) is 2.73. The van der Waals surface area contributed by atoms with E-state index in [0.717, 1.165) is 24.7 Å². The third-order valence-corrected chi connectivity index (χ3v) is 3.58. The highest BCUT2D eigenvalue weighted by molar-refractivity contribution is 5.35. The lowest BCUT2D eigenvalue weighted by Crippen LogP contribution is -2.29. The van der Waals surface area contributed by atoms with E-state index in [1.54, 1.807) is 0 Å². The fourth-order valence-corrected chi connectivity index (χ4v) is 2.34. The van der Waals surface area contributed by atoms with E-state index in [-0.39, 0.29) is 0 Å². The van der Waals surface area contributed by atoms with Gasteiger partial charge in [0.25, 0.3) is 0 Å². The number of hydrogen-bond donors (Lipinski definition) is 1. The number of hydrogen-bond acceptors (Lipinski definition) is 4. The van der Waals surface area contributed by atoms with Crippen molar-refractivity contribution in [1.29, 1.82) is 0 Å². The van der Waals surface area contributed by atoms with E-state index >= 15 is 0 Å². The Morgan fingerprint density at radius 3 is 2.83 bits per heavy atom. The molecule has 0 saturated carbocycles. The average molecular weight is 248 g/mol. The molecule has 0 spiro atoms. The molecule has 1 atom stereocenters. The minimum atomic E-state index is 0.489. The van der Waals surface area contributed by atoms with Crippen LogP contribution < -0.4 is 10.2 Å². The van der Waals surface area contributed by atoms with Gasteiger partial charge in [-0.15, -0.1) is 0 Å². The molecule has 1 N–H and O–H groups in total. The highest BCUT2D eigenvalue weighted by atomic mass is 15.3. The predicted molar refractivity (Wildman–Crippen MR) is 74.8 cm³/mol. The van der Waals surface area contributed by atoms with E-state index in [4.69, 9.17) is 0 Å². The third-order valence-electron chi connectivity index (χ3n) is 3.58. The summed E-state index contributed by atoms with van der Waals surface area (Å²) in [6, 6.07) is 1.06. The van der Waals surface area contributed by atoms with E-state index in [1.807, 2.05) is 6.20 Å². The summed E-state index contributed by atoms with van der Waals surface area (Å²) in [4.78, 5) is 11.5. The van der Waals surface area contributed by atoms with Crippen molar-refractivity contribution in [3.05, 3.63) is 17.5 Å². The molecule has 18 heavy (non-hydrogen) atoms. The van der Waals surface area contributed by atoms with Crippen molar-refractivity contribution in [1.82, 2.24) is 15.3 Å². The Morgan fingerprint density at radius 2 is 2.28 bits per heavy atom. The molecule has 0 aromatic carbocycles. The van der Waals surface area contributed by atoms with Crippen LogP contribution in [0.1, 0.15) is 44.9 Å². The van der Waals surface area contributed by atoms with Gasteiger partial charge in [0.1, 0.15) is 0 Å². The van der Waals surface area contributed by atoms with Gasteiger partial charge in [-0.25, -0.2) is 9.97 Å². The molecular weight excluding hydrogens is 224 g/mol. The van der Waals surface area contributed by atoms with Crippen LogP contribution in [0.3, 0.4) is 0 Å². The molecule has 2 heterocycles. The molecule has 0 radical (unpaired) electrons. The molecule has 1 aromatic rings. The SMILES string of the molecule is Cc1nc(N2CCCC2C)ncc1CNC(C)C. The number of aromatic nitrogens is 2. The molecule has 2 rings (SSSR count). The van der Waals surface area contributed by atoms with Crippen LogP contribution in [0.2, 0.25) is 0 Å². The van der Waals surface area contributed by atoms with Gasteiger partial charge >= 0.3 is 0 Å².